The first-order valence-corrected chi connectivity index (χ1v) is 7.46. The van der Waals surface area contributed by atoms with E-state index in [1.807, 2.05) is 18.2 Å². The van der Waals surface area contributed by atoms with E-state index in [0.29, 0.717) is 6.54 Å². The SMILES string of the molecule is C=CCn1c(CCC)nc(-c2ccc3c(c2)CCO3)c1N. The van der Waals surface area contributed by atoms with Crippen LogP contribution in [-0.2, 0) is 19.4 Å². The number of anilines is 1. The number of rotatable bonds is 5. The summed E-state index contributed by atoms with van der Waals surface area (Å²) in [4.78, 5) is 4.76. The minimum atomic E-state index is 0.697. The number of imidazole rings is 1. The van der Waals surface area contributed by atoms with Crippen molar-refractivity contribution >= 4 is 5.82 Å². The highest BCUT2D eigenvalue weighted by molar-refractivity contribution is 5.72. The minimum Gasteiger partial charge on any atom is -0.493 e. The molecule has 2 N–H and O–H groups in total. The third kappa shape index (κ3) is 2.42. The van der Waals surface area contributed by atoms with Gasteiger partial charge < -0.3 is 15.0 Å². The molecule has 2 aromatic rings. The summed E-state index contributed by atoms with van der Waals surface area (Å²) in [5, 5.41) is 0. The van der Waals surface area contributed by atoms with Crippen LogP contribution in [0.4, 0.5) is 5.82 Å². The van der Waals surface area contributed by atoms with Gasteiger partial charge >= 0.3 is 0 Å². The van der Waals surface area contributed by atoms with Gasteiger partial charge in [0.2, 0.25) is 0 Å². The predicted octanol–water partition coefficient (Wildman–Crippen LogP) is 3.21. The van der Waals surface area contributed by atoms with E-state index in [1.165, 1.54) is 5.56 Å². The van der Waals surface area contributed by atoms with Crippen molar-refractivity contribution in [3.63, 3.8) is 0 Å². The number of ether oxygens (including phenoxy) is 1. The topological polar surface area (TPSA) is 53.1 Å². The van der Waals surface area contributed by atoms with Crippen molar-refractivity contribution in [2.75, 3.05) is 12.3 Å². The third-order valence-electron chi connectivity index (χ3n) is 3.83. The van der Waals surface area contributed by atoms with Gasteiger partial charge in [-0.05, 0) is 30.2 Å². The number of allylic oxidation sites excluding steroid dienone is 1. The Kier molecular flexibility index (Phi) is 3.69. The molecule has 0 fully saturated rings. The first kappa shape index (κ1) is 13.7. The molecule has 0 spiro atoms. The summed E-state index contributed by atoms with van der Waals surface area (Å²) in [6.07, 6.45) is 4.78. The van der Waals surface area contributed by atoms with Gasteiger partial charge in [-0.15, -0.1) is 6.58 Å². The number of aromatic nitrogens is 2. The maximum absolute atomic E-state index is 6.32. The van der Waals surface area contributed by atoms with E-state index in [-0.39, 0.29) is 0 Å². The number of nitrogens with zero attached hydrogens (tertiary/aromatic N) is 2. The lowest BCUT2D eigenvalue weighted by Gasteiger charge is -2.06. The smallest absolute Gasteiger partial charge is 0.132 e. The van der Waals surface area contributed by atoms with Crippen LogP contribution in [0.25, 0.3) is 11.3 Å². The summed E-state index contributed by atoms with van der Waals surface area (Å²) in [7, 11) is 0. The van der Waals surface area contributed by atoms with Gasteiger partial charge in [0.15, 0.2) is 0 Å². The highest BCUT2D eigenvalue weighted by Crippen LogP contribution is 2.33. The standard InChI is InChI=1S/C17H21N3O/c1-3-5-15-19-16(17(18)20(15)9-4-2)13-6-7-14-12(11-13)8-10-21-14/h4,6-7,11H,2-3,5,8-10,18H2,1H3. The van der Waals surface area contributed by atoms with Crippen LogP contribution >= 0.6 is 0 Å². The number of benzene rings is 1. The van der Waals surface area contributed by atoms with Crippen LogP contribution in [0.5, 0.6) is 5.75 Å². The summed E-state index contributed by atoms with van der Waals surface area (Å²) >= 11 is 0. The molecule has 0 amide bonds. The molecule has 1 aliphatic rings. The largest absolute Gasteiger partial charge is 0.493 e. The molecule has 2 heterocycles. The van der Waals surface area contributed by atoms with E-state index in [2.05, 4.69) is 24.1 Å². The highest BCUT2D eigenvalue weighted by Gasteiger charge is 2.18. The fourth-order valence-electron chi connectivity index (χ4n) is 2.81. The quantitative estimate of drug-likeness (QED) is 0.857. The lowest BCUT2D eigenvalue weighted by molar-refractivity contribution is 0.357. The third-order valence-corrected chi connectivity index (χ3v) is 3.83. The average molecular weight is 283 g/mol. The number of nitrogens with two attached hydrogens (primary N) is 1. The first-order valence-electron chi connectivity index (χ1n) is 7.46. The van der Waals surface area contributed by atoms with Crippen LogP contribution in [0.3, 0.4) is 0 Å². The number of aryl methyl sites for hydroxylation is 1. The molecular formula is C17H21N3O. The molecule has 0 radical (unpaired) electrons. The molecule has 4 heteroatoms. The van der Waals surface area contributed by atoms with Crippen LogP contribution in [0.1, 0.15) is 24.7 Å². The number of hydrogen-bond acceptors (Lipinski definition) is 3. The first-order chi connectivity index (χ1) is 10.2. The molecule has 0 aliphatic carbocycles. The van der Waals surface area contributed by atoms with Gasteiger partial charge in [-0.3, -0.25) is 0 Å². The second-order valence-corrected chi connectivity index (χ2v) is 5.33. The minimum absolute atomic E-state index is 0.697. The Bertz CT molecular complexity index is 673. The molecule has 0 unspecified atom stereocenters. The molecule has 1 aromatic carbocycles. The van der Waals surface area contributed by atoms with Crippen LogP contribution < -0.4 is 10.5 Å². The Morgan fingerprint density at radius 1 is 1.48 bits per heavy atom. The molecule has 21 heavy (non-hydrogen) atoms. The van der Waals surface area contributed by atoms with Gasteiger partial charge in [0.05, 0.1) is 6.61 Å². The molecule has 1 aromatic heterocycles. The van der Waals surface area contributed by atoms with Crippen LogP contribution in [0, 0.1) is 0 Å². The zero-order valence-corrected chi connectivity index (χ0v) is 12.4. The molecule has 4 nitrogen and oxygen atoms in total. The van der Waals surface area contributed by atoms with Crippen molar-refractivity contribution in [2.45, 2.75) is 32.7 Å². The fraction of sp³-hybridized carbons (Fsp3) is 0.353. The maximum atomic E-state index is 6.32. The molecule has 0 bridgehead atoms. The van der Waals surface area contributed by atoms with Crippen LogP contribution in [0.15, 0.2) is 30.9 Å². The molecule has 110 valence electrons. The van der Waals surface area contributed by atoms with Gasteiger partial charge in [0.25, 0.3) is 0 Å². The second kappa shape index (κ2) is 5.64. The summed E-state index contributed by atoms with van der Waals surface area (Å²) in [6, 6.07) is 6.20. The lowest BCUT2D eigenvalue weighted by atomic mass is 10.1. The van der Waals surface area contributed by atoms with Gasteiger partial charge in [0.1, 0.15) is 23.1 Å². The normalized spacial score (nSPS) is 13.0. The van der Waals surface area contributed by atoms with Crippen molar-refractivity contribution < 1.29 is 4.74 Å². The monoisotopic (exact) mass is 283 g/mol. The van der Waals surface area contributed by atoms with Gasteiger partial charge in [-0.25, -0.2) is 4.98 Å². The Balaban J connectivity index is 2.05. The van der Waals surface area contributed by atoms with Crippen molar-refractivity contribution in [3.05, 3.63) is 42.2 Å². The number of hydrogen-bond donors (Lipinski definition) is 1. The van der Waals surface area contributed by atoms with E-state index in [0.717, 1.165) is 54.5 Å². The van der Waals surface area contributed by atoms with E-state index < -0.39 is 0 Å². The number of nitrogen functional groups attached to an aromatic ring is 1. The zero-order chi connectivity index (χ0) is 14.8. The van der Waals surface area contributed by atoms with Gasteiger partial charge in [-0.1, -0.05) is 13.0 Å². The summed E-state index contributed by atoms with van der Waals surface area (Å²) < 4.78 is 7.61. The number of fused-ring (bicyclic) bond motifs is 1. The van der Waals surface area contributed by atoms with E-state index >= 15 is 0 Å². The Labute approximate surface area is 125 Å². The van der Waals surface area contributed by atoms with Crippen molar-refractivity contribution in [1.29, 1.82) is 0 Å². The van der Waals surface area contributed by atoms with Crippen molar-refractivity contribution in [1.82, 2.24) is 9.55 Å². The molecule has 0 atom stereocenters. The van der Waals surface area contributed by atoms with E-state index in [9.17, 15) is 0 Å². The Morgan fingerprint density at radius 2 is 2.33 bits per heavy atom. The fourth-order valence-corrected chi connectivity index (χ4v) is 2.81. The molecule has 0 saturated heterocycles. The highest BCUT2D eigenvalue weighted by atomic mass is 16.5. The van der Waals surface area contributed by atoms with E-state index in [4.69, 9.17) is 15.5 Å². The molecule has 1 aliphatic heterocycles. The van der Waals surface area contributed by atoms with Crippen LogP contribution in [0.2, 0.25) is 0 Å². The van der Waals surface area contributed by atoms with Gasteiger partial charge in [0, 0.05) is 24.9 Å². The van der Waals surface area contributed by atoms with E-state index in [1.54, 1.807) is 0 Å². The zero-order valence-electron chi connectivity index (χ0n) is 12.4. The lowest BCUT2D eigenvalue weighted by Crippen LogP contribution is -2.05. The van der Waals surface area contributed by atoms with Crippen LogP contribution in [-0.4, -0.2) is 16.2 Å². The van der Waals surface area contributed by atoms with Crippen molar-refractivity contribution in [3.8, 4) is 17.0 Å². The maximum Gasteiger partial charge on any atom is 0.132 e. The van der Waals surface area contributed by atoms with Crippen molar-refractivity contribution in [2.24, 2.45) is 0 Å². The Hall–Kier alpha value is -2.23. The Morgan fingerprint density at radius 3 is 3.10 bits per heavy atom. The van der Waals surface area contributed by atoms with Gasteiger partial charge in [-0.2, -0.15) is 0 Å². The molecule has 0 saturated carbocycles. The summed E-state index contributed by atoms with van der Waals surface area (Å²) in [5.74, 6) is 2.73. The molecular weight excluding hydrogens is 262 g/mol. The summed E-state index contributed by atoms with van der Waals surface area (Å²) in [6.45, 7) is 7.42. The summed E-state index contributed by atoms with van der Waals surface area (Å²) in [5.41, 5.74) is 9.49. The second-order valence-electron chi connectivity index (χ2n) is 5.33. The molecule has 3 rings (SSSR count). The predicted molar refractivity (Wildman–Crippen MR) is 85.5 cm³/mol. The average Bonchev–Trinajstić information content (AvgIpc) is 3.06.